The molecule has 0 amide bonds. The molecule has 0 radical (unpaired) electrons. The fraction of sp³-hybridized carbons (Fsp3) is 0.0435. The largest absolute Gasteiger partial charge is 0.413 e. The van der Waals surface area contributed by atoms with Gasteiger partial charge in [-0.3, -0.25) is 0 Å². The normalized spacial score (nSPS) is 10.9. The number of aryl methyl sites for hydroxylation is 1. The van der Waals surface area contributed by atoms with E-state index in [9.17, 15) is 0 Å². The molecule has 6 nitrogen and oxygen atoms in total. The van der Waals surface area contributed by atoms with Crippen molar-refractivity contribution in [2.45, 2.75) is 6.92 Å². The van der Waals surface area contributed by atoms with Crippen LogP contribution in [0.15, 0.2) is 83.3 Å². The molecular formula is C23H17N5O. The molecule has 3 aromatic carbocycles. The summed E-state index contributed by atoms with van der Waals surface area (Å²) in [5.41, 5.74) is 3.79. The summed E-state index contributed by atoms with van der Waals surface area (Å²) in [5, 5.41) is 12.6. The smallest absolute Gasteiger partial charge is 0.286 e. The van der Waals surface area contributed by atoms with Crippen molar-refractivity contribution in [3.05, 3.63) is 84.4 Å². The number of benzene rings is 3. The maximum absolute atomic E-state index is 5.85. The van der Waals surface area contributed by atoms with Crippen LogP contribution in [0.2, 0.25) is 0 Å². The lowest BCUT2D eigenvalue weighted by atomic mass is 10.2. The summed E-state index contributed by atoms with van der Waals surface area (Å²) >= 11 is 0. The SMILES string of the molecule is Cc1ccc(Nc2nc(-c3nnc(-c4ccccc4)o3)nc3ccccc23)cc1. The summed E-state index contributed by atoms with van der Waals surface area (Å²) < 4.78 is 5.85. The molecule has 0 spiro atoms. The maximum atomic E-state index is 5.85. The number of nitrogens with one attached hydrogen (secondary N) is 1. The van der Waals surface area contributed by atoms with Crippen LogP contribution >= 0.6 is 0 Å². The van der Waals surface area contributed by atoms with Crippen molar-refractivity contribution in [1.82, 2.24) is 20.2 Å². The third-order valence-electron chi connectivity index (χ3n) is 4.55. The zero-order valence-electron chi connectivity index (χ0n) is 15.7. The van der Waals surface area contributed by atoms with Gasteiger partial charge in [-0.2, -0.15) is 0 Å². The van der Waals surface area contributed by atoms with Gasteiger partial charge in [0.25, 0.3) is 5.89 Å². The molecule has 0 aliphatic carbocycles. The Morgan fingerprint density at radius 1 is 0.724 bits per heavy atom. The summed E-state index contributed by atoms with van der Waals surface area (Å²) in [4.78, 5) is 9.30. The van der Waals surface area contributed by atoms with Crippen molar-refractivity contribution in [3.8, 4) is 23.2 Å². The lowest BCUT2D eigenvalue weighted by Gasteiger charge is -2.10. The number of hydrogen-bond donors (Lipinski definition) is 1. The summed E-state index contributed by atoms with van der Waals surface area (Å²) in [5.74, 6) is 1.79. The van der Waals surface area contributed by atoms with Crippen LogP contribution in [0.4, 0.5) is 11.5 Å². The minimum Gasteiger partial charge on any atom is -0.413 e. The van der Waals surface area contributed by atoms with Gasteiger partial charge in [-0.25, -0.2) is 9.97 Å². The molecule has 5 rings (SSSR count). The van der Waals surface area contributed by atoms with Gasteiger partial charge in [0.1, 0.15) is 5.82 Å². The minimum absolute atomic E-state index is 0.279. The van der Waals surface area contributed by atoms with Crippen LogP contribution in [0, 0.1) is 6.92 Å². The molecule has 0 bridgehead atoms. The first kappa shape index (κ1) is 17.1. The molecule has 0 saturated carbocycles. The molecule has 6 heteroatoms. The Labute approximate surface area is 167 Å². The Morgan fingerprint density at radius 2 is 1.45 bits per heavy atom. The summed E-state index contributed by atoms with van der Waals surface area (Å²) in [7, 11) is 0. The first-order chi connectivity index (χ1) is 14.3. The highest BCUT2D eigenvalue weighted by Crippen LogP contribution is 2.28. The quantitative estimate of drug-likeness (QED) is 0.451. The van der Waals surface area contributed by atoms with E-state index in [4.69, 9.17) is 4.42 Å². The predicted molar refractivity (Wildman–Crippen MR) is 113 cm³/mol. The summed E-state index contributed by atoms with van der Waals surface area (Å²) in [6, 6.07) is 25.6. The van der Waals surface area contributed by atoms with Crippen LogP contribution in [-0.2, 0) is 0 Å². The highest BCUT2D eigenvalue weighted by Gasteiger charge is 2.16. The summed E-state index contributed by atoms with van der Waals surface area (Å²) in [6.45, 7) is 2.06. The second-order valence-corrected chi connectivity index (χ2v) is 6.68. The molecule has 2 aromatic heterocycles. The van der Waals surface area contributed by atoms with Crippen LogP contribution in [0.25, 0.3) is 34.1 Å². The van der Waals surface area contributed by atoms with Gasteiger partial charge in [0.15, 0.2) is 0 Å². The molecule has 29 heavy (non-hydrogen) atoms. The number of hydrogen-bond acceptors (Lipinski definition) is 6. The number of aromatic nitrogens is 4. The van der Waals surface area contributed by atoms with Crippen LogP contribution < -0.4 is 5.32 Å². The zero-order valence-corrected chi connectivity index (χ0v) is 15.7. The van der Waals surface area contributed by atoms with E-state index in [1.807, 2.05) is 66.7 Å². The second-order valence-electron chi connectivity index (χ2n) is 6.68. The van der Waals surface area contributed by atoms with Gasteiger partial charge < -0.3 is 9.73 Å². The Kier molecular flexibility index (Phi) is 4.22. The van der Waals surface area contributed by atoms with Crippen molar-refractivity contribution in [2.75, 3.05) is 5.32 Å². The van der Waals surface area contributed by atoms with E-state index in [0.29, 0.717) is 17.5 Å². The average Bonchev–Trinajstić information content (AvgIpc) is 3.26. The fourth-order valence-electron chi connectivity index (χ4n) is 3.05. The Morgan fingerprint density at radius 3 is 2.28 bits per heavy atom. The van der Waals surface area contributed by atoms with Gasteiger partial charge in [-0.1, -0.05) is 48.0 Å². The van der Waals surface area contributed by atoms with E-state index in [1.54, 1.807) is 0 Å². The maximum Gasteiger partial charge on any atom is 0.286 e. The predicted octanol–water partition coefficient (Wildman–Crippen LogP) is 5.40. The molecule has 0 aliphatic heterocycles. The van der Waals surface area contributed by atoms with Crippen LogP contribution in [0.1, 0.15) is 5.56 Å². The average molecular weight is 379 g/mol. The molecule has 1 N–H and O–H groups in total. The number of para-hydroxylation sites is 1. The number of anilines is 2. The number of fused-ring (bicyclic) bond motifs is 1. The lowest BCUT2D eigenvalue weighted by Crippen LogP contribution is -1.99. The molecule has 140 valence electrons. The van der Waals surface area contributed by atoms with Gasteiger partial charge >= 0.3 is 0 Å². The van der Waals surface area contributed by atoms with E-state index < -0.39 is 0 Å². The zero-order chi connectivity index (χ0) is 19.6. The molecule has 0 saturated heterocycles. The van der Waals surface area contributed by atoms with E-state index >= 15 is 0 Å². The molecule has 0 fully saturated rings. The van der Waals surface area contributed by atoms with E-state index in [-0.39, 0.29) is 5.89 Å². The van der Waals surface area contributed by atoms with Gasteiger partial charge in [0.05, 0.1) is 5.52 Å². The molecule has 5 aromatic rings. The topological polar surface area (TPSA) is 76.7 Å². The van der Waals surface area contributed by atoms with E-state index in [2.05, 4.69) is 44.5 Å². The molecule has 0 aliphatic rings. The number of rotatable bonds is 4. The highest BCUT2D eigenvalue weighted by atomic mass is 16.4. The fourth-order valence-corrected chi connectivity index (χ4v) is 3.05. The summed E-state index contributed by atoms with van der Waals surface area (Å²) in [6.07, 6.45) is 0. The molecular weight excluding hydrogens is 362 g/mol. The second kappa shape index (κ2) is 7.16. The van der Waals surface area contributed by atoms with Crippen molar-refractivity contribution in [2.24, 2.45) is 0 Å². The van der Waals surface area contributed by atoms with E-state index in [0.717, 1.165) is 22.2 Å². The third-order valence-corrected chi connectivity index (χ3v) is 4.55. The van der Waals surface area contributed by atoms with Gasteiger partial charge in [0, 0.05) is 16.6 Å². The molecule has 0 unspecified atom stereocenters. The van der Waals surface area contributed by atoms with Crippen molar-refractivity contribution >= 4 is 22.4 Å². The van der Waals surface area contributed by atoms with Crippen LogP contribution in [0.3, 0.4) is 0 Å². The highest BCUT2D eigenvalue weighted by molar-refractivity contribution is 5.91. The molecule has 2 heterocycles. The van der Waals surface area contributed by atoms with Crippen molar-refractivity contribution in [3.63, 3.8) is 0 Å². The minimum atomic E-state index is 0.279. The standard InChI is InChI=1S/C23H17N5O/c1-15-11-13-17(14-12-15)24-20-18-9-5-6-10-19(18)25-21(26-20)23-28-27-22(29-23)16-7-3-2-4-8-16/h2-14H,1H3,(H,24,25,26). The lowest BCUT2D eigenvalue weighted by molar-refractivity contribution is 0.579. The van der Waals surface area contributed by atoms with Gasteiger partial charge in [0.2, 0.25) is 11.7 Å². The van der Waals surface area contributed by atoms with Crippen LogP contribution in [0.5, 0.6) is 0 Å². The molecule has 0 atom stereocenters. The van der Waals surface area contributed by atoms with Crippen molar-refractivity contribution < 1.29 is 4.42 Å². The first-order valence-electron chi connectivity index (χ1n) is 9.26. The number of nitrogens with zero attached hydrogens (tertiary/aromatic N) is 4. The van der Waals surface area contributed by atoms with Crippen LogP contribution in [-0.4, -0.2) is 20.2 Å². The first-order valence-corrected chi connectivity index (χ1v) is 9.26. The van der Waals surface area contributed by atoms with E-state index in [1.165, 1.54) is 5.56 Å². The van der Waals surface area contributed by atoms with Gasteiger partial charge in [-0.15, -0.1) is 10.2 Å². The Balaban J connectivity index is 1.58. The monoisotopic (exact) mass is 379 g/mol. The third kappa shape index (κ3) is 3.43. The Bertz CT molecular complexity index is 1280. The van der Waals surface area contributed by atoms with Crippen molar-refractivity contribution in [1.29, 1.82) is 0 Å². The van der Waals surface area contributed by atoms with Gasteiger partial charge in [-0.05, 0) is 43.3 Å². The Hall–Kier alpha value is -4.06.